The summed E-state index contributed by atoms with van der Waals surface area (Å²) < 4.78 is 4.98. The molecule has 0 aromatic rings. The third-order valence-corrected chi connectivity index (χ3v) is 2.10. The van der Waals surface area contributed by atoms with Gasteiger partial charge >= 0.3 is 5.97 Å². The summed E-state index contributed by atoms with van der Waals surface area (Å²) >= 11 is 0. The van der Waals surface area contributed by atoms with E-state index in [1.165, 1.54) is 6.92 Å². The number of hydrazine groups is 1. The van der Waals surface area contributed by atoms with Crippen molar-refractivity contribution in [2.24, 2.45) is 5.84 Å². The SMILES string of the molecule is C=C(C)C(=O)OC(CCCCC)C(=O)NN. The fourth-order valence-corrected chi connectivity index (χ4v) is 1.15. The summed E-state index contributed by atoms with van der Waals surface area (Å²) in [6.45, 7) is 7.04. The monoisotopic (exact) mass is 228 g/mol. The van der Waals surface area contributed by atoms with Crippen LogP contribution in [0.15, 0.2) is 12.2 Å². The Balaban J connectivity index is 4.26. The van der Waals surface area contributed by atoms with Crippen LogP contribution >= 0.6 is 0 Å². The summed E-state index contributed by atoms with van der Waals surface area (Å²) in [7, 11) is 0. The first-order valence-electron chi connectivity index (χ1n) is 5.39. The van der Waals surface area contributed by atoms with Crippen LogP contribution in [0.2, 0.25) is 0 Å². The molecule has 0 rings (SSSR count). The number of esters is 1. The van der Waals surface area contributed by atoms with Crippen molar-refractivity contribution in [3.05, 3.63) is 12.2 Å². The molecule has 3 N–H and O–H groups in total. The van der Waals surface area contributed by atoms with E-state index in [1.54, 1.807) is 0 Å². The highest BCUT2D eigenvalue weighted by Crippen LogP contribution is 2.09. The second-order valence-electron chi connectivity index (χ2n) is 3.68. The van der Waals surface area contributed by atoms with Crippen molar-refractivity contribution < 1.29 is 14.3 Å². The van der Waals surface area contributed by atoms with Gasteiger partial charge in [0, 0.05) is 5.57 Å². The van der Waals surface area contributed by atoms with E-state index in [0.717, 1.165) is 19.3 Å². The van der Waals surface area contributed by atoms with Crippen molar-refractivity contribution in [2.75, 3.05) is 0 Å². The van der Waals surface area contributed by atoms with Gasteiger partial charge in [-0.2, -0.15) is 0 Å². The van der Waals surface area contributed by atoms with Gasteiger partial charge in [0.25, 0.3) is 5.91 Å². The molecule has 0 heterocycles. The molecule has 5 heteroatoms. The number of carbonyl (C=O) groups is 2. The van der Waals surface area contributed by atoms with Gasteiger partial charge in [0.05, 0.1) is 0 Å². The molecule has 0 spiro atoms. The zero-order valence-electron chi connectivity index (χ0n) is 9.91. The Morgan fingerprint density at radius 2 is 2.06 bits per heavy atom. The van der Waals surface area contributed by atoms with Gasteiger partial charge in [-0.05, 0) is 19.8 Å². The molecule has 5 nitrogen and oxygen atoms in total. The van der Waals surface area contributed by atoms with Gasteiger partial charge in [-0.15, -0.1) is 0 Å². The molecule has 0 aliphatic rings. The molecular formula is C11H20N2O3. The molecule has 0 aromatic heterocycles. The highest BCUT2D eigenvalue weighted by atomic mass is 16.5. The lowest BCUT2D eigenvalue weighted by molar-refractivity contribution is -0.152. The average Bonchev–Trinajstić information content (AvgIpc) is 2.26. The molecule has 0 radical (unpaired) electrons. The third-order valence-electron chi connectivity index (χ3n) is 2.10. The van der Waals surface area contributed by atoms with Gasteiger partial charge in [0.2, 0.25) is 0 Å². The number of nitrogens with two attached hydrogens (primary N) is 1. The quantitative estimate of drug-likeness (QED) is 0.170. The van der Waals surface area contributed by atoms with Crippen LogP contribution in [-0.2, 0) is 14.3 Å². The lowest BCUT2D eigenvalue weighted by Crippen LogP contribution is -2.41. The maximum absolute atomic E-state index is 11.3. The maximum Gasteiger partial charge on any atom is 0.333 e. The highest BCUT2D eigenvalue weighted by molar-refractivity contribution is 5.90. The van der Waals surface area contributed by atoms with E-state index in [2.05, 4.69) is 13.5 Å². The van der Waals surface area contributed by atoms with Crippen molar-refractivity contribution in [3.8, 4) is 0 Å². The molecule has 0 saturated carbocycles. The largest absolute Gasteiger partial charge is 0.449 e. The molecule has 0 bridgehead atoms. The number of hydrogen-bond acceptors (Lipinski definition) is 4. The van der Waals surface area contributed by atoms with E-state index < -0.39 is 18.0 Å². The van der Waals surface area contributed by atoms with Crippen LogP contribution in [0.3, 0.4) is 0 Å². The standard InChI is InChI=1S/C11H20N2O3/c1-4-5-6-7-9(10(14)13-12)16-11(15)8(2)3/h9H,2,4-7,12H2,1,3H3,(H,13,14). The first kappa shape index (κ1) is 14.6. The number of carbonyl (C=O) groups excluding carboxylic acids is 2. The van der Waals surface area contributed by atoms with Gasteiger partial charge in [-0.1, -0.05) is 26.3 Å². The third kappa shape index (κ3) is 5.50. The number of nitrogens with one attached hydrogen (secondary N) is 1. The molecule has 1 atom stereocenters. The Hall–Kier alpha value is -1.36. The number of ether oxygens (including phenoxy) is 1. The second kappa shape index (κ2) is 7.87. The maximum atomic E-state index is 11.3. The van der Waals surface area contributed by atoms with Crippen LogP contribution in [0.4, 0.5) is 0 Å². The molecule has 0 aliphatic heterocycles. The average molecular weight is 228 g/mol. The van der Waals surface area contributed by atoms with Gasteiger partial charge < -0.3 is 4.74 Å². The van der Waals surface area contributed by atoms with E-state index in [0.29, 0.717) is 6.42 Å². The first-order chi connectivity index (χ1) is 7.52. The lowest BCUT2D eigenvalue weighted by Gasteiger charge is -2.15. The van der Waals surface area contributed by atoms with E-state index in [9.17, 15) is 9.59 Å². The minimum absolute atomic E-state index is 0.269. The molecule has 0 fully saturated rings. The fraction of sp³-hybridized carbons (Fsp3) is 0.636. The predicted octanol–water partition coefficient (Wildman–Crippen LogP) is 1.04. The minimum atomic E-state index is -0.819. The Morgan fingerprint density at radius 3 is 2.50 bits per heavy atom. The van der Waals surface area contributed by atoms with Gasteiger partial charge in [0.15, 0.2) is 6.10 Å². The van der Waals surface area contributed by atoms with Crippen LogP contribution in [0.25, 0.3) is 0 Å². The number of rotatable bonds is 7. The summed E-state index contributed by atoms with van der Waals surface area (Å²) in [6.07, 6.45) is 2.50. The molecule has 92 valence electrons. The Morgan fingerprint density at radius 1 is 1.44 bits per heavy atom. The van der Waals surface area contributed by atoms with Crippen molar-refractivity contribution in [2.45, 2.75) is 45.6 Å². The number of amides is 1. The van der Waals surface area contributed by atoms with Crippen molar-refractivity contribution in [3.63, 3.8) is 0 Å². The Bertz CT molecular complexity index is 264. The van der Waals surface area contributed by atoms with E-state index in [1.807, 2.05) is 5.43 Å². The van der Waals surface area contributed by atoms with Crippen molar-refractivity contribution in [1.82, 2.24) is 5.43 Å². The van der Waals surface area contributed by atoms with Crippen LogP contribution in [0.1, 0.15) is 39.5 Å². The molecule has 0 saturated heterocycles. The van der Waals surface area contributed by atoms with Crippen LogP contribution in [-0.4, -0.2) is 18.0 Å². The first-order valence-corrected chi connectivity index (χ1v) is 5.39. The lowest BCUT2D eigenvalue weighted by atomic mass is 10.1. The molecule has 0 aliphatic carbocycles. The molecule has 1 amide bonds. The fourth-order valence-electron chi connectivity index (χ4n) is 1.15. The zero-order chi connectivity index (χ0) is 12.6. The zero-order valence-corrected chi connectivity index (χ0v) is 9.91. The van der Waals surface area contributed by atoms with Gasteiger partial charge in [0.1, 0.15) is 0 Å². The van der Waals surface area contributed by atoms with E-state index in [-0.39, 0.29) is 5.57 Å². The van der Waals surface area contributed by atoms with Gasteiger partial charge in [-0.3, -0.25) is 10.2 Å². The predicted molar refractivity (Wildman–Crippen MR) is 61.2 cm³/mol. The molecule has 16 heavy (non-hydrogen) atoms. The van der Waals surface area contributed by atoms with Crippen LogP contribution in [0.5, 0.6) is 0 Å². The summed E-state index contributed by atoms with van der Waals surface area (Å²) in [4.78, 5) is 22.6. The summed E-state index contributed by atoms with van der Waals surface area (Å²) in [5.41, 5.74) is 2.26. The Kier molecular flexibility index (Phi) is 7.20. The highest BCUT2D eigenvalue weighted by Gasteiger charge is 2.21. The normalized spacial score (nSPS) is 11.7. The van der Waals surface area contributed by atoms with Gasteiger partial charge in [-0.25, -0.2) is 10.6 Å². The topological polar surface area (TPSA) is 81.4 Å². The number of hydrogen-bond donors (Lipinski definition) is 2. The second-order valence-corrected chi connectivity index (χ2v) is 3.68. The molecule has 1 unspecified atom stereocenters. The smallest absolute Gasteiger partial charge is 0.333 e. The Labute approximate surface area is 96.0 Å². The summed E-state index contributed by atoms with van der Waals surface area (Å²) in [5.74, 6) is 3.97. The summed E-state index contributed by atoms with van der Waals surface area (Å²) in [5, 5.41) is 0. The molecular weight excluding hydrogens is 208 g/mol. The van der Waals surface area contributed by atoms with Crippen molar-refractivity contribution >= 4 is 11.9 Å². The molecule has 0 aromatic carbocycles. The van der Waals surface area contributed by atoms with E-state index >= 15 is 0 Å². The summed E-state index contributed by atoms with van der Waals surface area (Å²) in [6, 6.07) is 0. The minimum Gasteiger partial charge on any atom is -0.449 e. The number of unbranched alkanes of at least 4 members (excludes halogenated alkanes) is 2. The van der Waals surface area contributed by atoms with Crippen LogP contribution < -0.4 is 11.3 Å². The van der Waals surface area contributed by atoms with Crippen molar-refractivity contribution in [1.29, 1.82) is 0 Å². The van der Waals surface area contributed by atoms with E-state index in [4.69, 9.17) is 10.6 Å². The van der Waals surface area contributed by atoms with Crippen LogP contribution in [0, 0.1) is 0 Å².